The number of sulfonamides is 1. The minimum Gasteiger partial charge on any atom is -0.490 e. The molecule has 4 rings (SSSR count). The van der Waals surface area contributed by atoms with Crippen LogP contribution < -0.4 is 9.47 Å². The molecule has 3 heterocycles. The number of aromatic nitrogens is 1. The van der Waals surface area contributed by atoms with Gasteiger partial charge in [-0.15, -0.1) is 0 Å². The fourth-order valence-electron chi connectivity index (χ4n) is 3.35. The Kier molecular flexibility index (Phi) is 5.57. The monoisotopic (exact) mass is 435 g/mol. The SMILES string of the molecule is O=C(c1ccc[nH]c1=S)N1CCN(S(=O)(=O)c2ccc3c(c2)OCCCO3)CC1. The maximum atomic E-state index is 13.1. The molecule has 2 aliphatic heterocycles. The summed E-state index contributed by atoms with van der Waals surface area (Å²) in [5, 5.41) is 0. The second-order valence-electron chi connectivity index (χ2n) is 6.77. The van der Waals surface area contributed by atoms with Gasteiger partial charge in [-0.1, -0.05) is 12.2 Å². The zero-order valence-corrected chi connectivity index (χ0v) is 17.3. The van der Waals surface area contributed by atoms with Gasteiger partial charge in [-0.3, -0.25) is 4.79 Å². The van der Waals surface area contributed by atoms with E-state index < -0.39 is 10.0 Å². The number of benzene rings is 1. The Balaban J connectivity index is 1.48. The summed E-state index contributed by atoms with van der Waals surface area (Å²) in [5.74, 6) is 0.798. The van der Waals surface area contributed by atoms with E-state index in [9.17, 15) is 13.2 Å². The first-order chi connectivity index (χ1) is 14.0. The molecule has 0 atom stereocenters. The lowest BCUT2D eigenvalue weighted by atomic mass is 10.2. The first-order valence-corrected chi connectivity index (χ1v) is 11.2. The Morgan fingerprint density at radius 1 is 1.03 bits per heavy atom. The largest absolute Gasteiger partial charge is 0.490 e. The standard InChI is InChI=1S/C19H21N3O5S2/c23-19(15-3-1-6-20-18(15)28)21-7-9-22(10-8-21)29(24,25)14-4-5-16-17(13-14)27-12-2-11-26-16/h1,3-6,13H,2,7-12H2,(H,20,28). The summed E-state index contributed by atoms with van der Waals surface area (Å²) in [6, 6.07) is 8.06. The van der Waals surface area contributed by atoms with E-state index in [1.165, 1.54) is 16.4 Å². The number of ether oxygens (including phenoxy) is 2. The molecule has 2 aromatic rings. The highest BCUT2D eigenvalue weighted by molar-refractivity contribution is 7.89. The molecule has 0 radical (unpaired) electrons. The first kappa shape index (κ1) is 19.9. The van der Waals surface area contributed by atoms with Crippen molar-refractivity contribution in [1.82, 2.24) is 14.2 Å². The van der Waals surface area contributed by atoms with Crippen LogP contribution in [-0.2, 0) is 10.0 Å². The molecule has 0 bridgehead atoms. The van der Waals surface area contributed by atoms with Crippen molar-refractivity contribution in [3.05, 3.63) is 46.7 Å². The van der Waals surface area contributed by atoms with Gasteiger partial charge in [0.1, 0.15) is 4.64 Å². The molecular weight excluding hydrogens is 414 g/mol. The maximum Gasteiger partial charge on any atom is 0.256 e. The molecule has 29 heavy (non-hydrogen) atoms. The number of H-pyrrole nitrogens is 1. The smallest absolute Gasteiger partial charge is 0.256 e. The summed E-state index contributed by atoms with van der Waals surface area (Å²) in [6.07, 6.45) is 2.41. The van der Waals surface area contributed by atoms with Crippen LogP contribution in [0.3, 0.4) is 0 Å². The third-order valence-corrected chi connectivity index (χ3v) is 7.16. The molecule has 0 aliphatic carbocycles. The number of hydrogen-bond acceptors (Lipinski definition) is 6. The van der Waals surface area contributed by atoms with Gasteiger partial charge in [0.25, 0.3) is 5.91 Å². The number of nitrogens with one attached hydrogen (secondary N) is 1. The highest BCUT2D eigenvalue weighted by Gasteiger charge is 2.31. The fourth-order valence-corrected chi connectivity index (χ4v) is 5.01. The molecule has 1 aromatic heterocycles. The van der Waals surface area contributed by atoms with E-state index in [1.807, 2.05) is 0 Å². The van der Waals surface area contributed by atoms with Crippen molar-refractivity contribution >= 4 is 28.1 Å². The van der Waals surface area contributed by atoms with Crippen molar-refractivity contribution in [1.29, 1.82) is 0 Å². The minimum atomic E-state index is -3.70. The van der Waals surface area contributed by atoms with Gasteiger partial charge in [0.2, 0.25) is 10.0 Å². The number of pyridine rings is 1. The van der Waals surface area contributed by atoms with E-state index in [4.69, 9.17) is 21.7 Å². The van der Waals surface area contributed by atoms with Gasteiger partial charge in [-0.25, -0.2) is 8.42 Å². The van der Waals surface area contributed by atoms with Crippen LogP contribution in [0.25, 0.3) is 0 Å². The number of fused-ring (bicyclic) bond motifs is 1. The van der Waals surface area contributed by atoms with Gasteiger partial charge in [0, 0.05) is 44.9 Å². The third-order valence-electron chi connectivity index (χ3n) is 4.93. The van der Waals surface area contributed by atoms with Gasteiger partial charge < -0.3 is 19.4 Å². The number of nitrogens with zero attached hydrogens (tertiary/aromatic N) is 2. The third kappa shape index (κ3) is 4.00. The summed E-state index contributed by atoms with van der Waals surface area (Å²) < 4.78 is 39.1. The van der Waals surface area contributed by atoms with Crippen LogP contribution in [-0.4, -0.2) is 67.9 Å². The van der Waals surface area contributed by atoms with Crippen LogP contribution >= 0.6 is 12.2 Å². The van der Waals surface area contributed by atoms with Crippen molar-refractivity contribution < 1.29 is 22.7 Å². The highest BCUT2D eigenvalue weighted by atomic mass is 32.2. The molecule has 1 fully saturated rings. The zero-order chi connectivity index (χ0) is 20.4. The van der Waals surface area contributed by atoms with Crippen molar-refractivity contribution in [3.8, 4) is 11.5 Å². The highest BCUT2D eigenvalue weighted by Crippen LogP contribution is 2.33. The molecule has 1 aromatic carbocycles. The Morgan fingerprint density at radius 2 is 1.76 bits per heavy atom. The van der Waals surface area contributed by atoms with E-state index in [1.54, 1.807) is 29.3 Å². The van der Waals surface area contributed by atoms with Crippen LogP contribution in [0.5, 0.6) is 11.5 Å². The average Bonchev–Trinajstić information content (AvgIpc) is 2.98. The van der Waals surface area contributed by atoms with E-state index >= 15 is 0 Å². The molecule has 0 spiro atoms. The number of carbonyl (C=O) groups is 1. The Hall–Kier alpha value is -2.43. The quantitative estimate of drug-likeness (QED) is 0.742. The molecule has 1 amide bonds. The lowest BCUT2D eigenvalue weighted by molar-refractivity contribution is 0.0697. The van der Waals surface area contributed by atoms with E-state index in [2.05, 4.69) is 4.98 Å². The van der Waals surface area contributed by atoms with Gasteiger partial charge in [0.15, 0.2) is 11.5 Å². The predicted molar refractivity (Wildman–Crippen MR) is 108 cm³/mol. The molecule has 2 aliphatic rings. The number of piperazine rings is 1. The minimum absolute atomic E-state index is 0.159. The number of carbonyl (C=O) groups excluding carboxylic acids is 1. The van der Waals surface area contributed by atoms with Gasteiger partial charge in [0.05, 0.1) is 23.7 Å². The van der Waals surface area contributed by atoms with Crippen LogP contribution in [0, 0.1) is 4.64 Å². The van der Waals surface area contributed by atoms with Crippen LogP contribution in [0.4, 0.5) is 0 Å². The van der Waals surface area contributed by atoms with Crippen molar-refractivity contribution in [2.24, 2.45) is 0 Å². The van der Waals surface area contributed by atoms with Crippen molar-refractivity contribution in [3.63, 3.8) is 0 Å². The van der Waals surface area contributed by atoms with Gasteiger partial charge >= 0.3 is 0 Å². The molecule has 8 nitrogen and oxygen atoms in total. The van der Waals surface area contributed by atoms with Gasteiger partial charge in [-0.05, 0) is 24.3 Å². The second-order valence-corrected chi connectivity index (χ2v) is 9.11. The Bertz CT molecular complexity index is 1080. The zero-order valence-electron chi connectivity index (χ0n) is 15.7. The number of hydrogen-bond donors (Lipinski definition) is 1. The molecular formula is C19H21N3O5S2. The Morgan fingerprint density at radius 3 is 2.48 bits per heavy atom. The van der Waals surface area contributed by atoms with E-state index in [0.29, 0.717) is 48.0 Å². The van der Waals surface area contributed by atoms with Crippen molar-refractivity contribution in [2.75, 3.05) is 39.4 Å². The normalized spacial score (nSPS) is 17.6. The predicted octanol–water partition coefficient (Wildman–Crippen LogP) is 2.05. The van der Waals surface area contributed by atoms with Crippen LogP contribution in [0.1, 0.15) is 16.8 Å². The number of rotatable bonds is 3. The average molecular weight is 436 g/mol. The van der Waals surface area contributed by atoms with Crippen LogP contribution in [0.2, 0.25) is 0 Å². The molecule has 10 heteroatoms. The lowest BCUT2D eigenvalue weighted by Crippen LogP contribution is -2.50. The molecule has 0 saturated carbocycles. The number of amides is 1. The molecule has 1 saturated heterocycles. The summed E-state index contributed by atoms with van der Waals surface area (Å²) in [4.78, 5) is 17.3. The summed E-state index contributed by atoms with van der Waals surface area (Å²) in [7, 11) is -3.70. The lowest BCUT2D eigenvalue weighted by Gasteiger charge is -2.34. The van der Waals surface area contributed by atoms with E-state index in [0.717, 1.165) is 6.42 Å². The summed E-state index contributed by atoms with van der Waals surface area (Å²) in [5.41, 5.74) is 0.418. The summed E-state index contributed by atoms with van der Waals surface area (Å²) in [6.45, 7) is 2.05. The summed E-state index contributed by atoms with van der Waals surface area (Å²) >= 11 is 5.17. The molecule has 1 N–H and O–H groups in total. The second kappa shape index (κ2) is 8.13. The van der Waals surface area contributed by atoms with E-state index in [-0.39, 0.29) is 23.9 Å². The van der Waals surface area contributed by atoms with Gasteiger partial charge in [-0.2, -0.15) is 4.31 Å². The Labute approximate surface area is 174 Å². The van der Waals surface area contributed by atoms with Crippen LogP contribution in [0.15, 0.2) is 41.4 Å². The van der Waals surface area contributed by atoms with Crippen molar-refractivity contribution in [2.45, 2.75) is 11.3 Å². The molecule has 0 unspecified atom stereocenters. The molecule has 154 valence electrons. The fraction of sp³-hybridized carbons (Fsp3) is 0.368. The maximum absolute atomic E-state index is 13.1. The first-order valence-electron chi connectivity index (χ1n) is 9.33. The number of aromatic amines is 1. The topological polar surface area (TPSA) is 91.9 Å².